The average Bonchev–Trinajstić information content (AvgIpc) is 2.88. The molecule has 0 saturated carbocycles. The first-order valence-corrected chi connectivity index (χ1v) is 11.1. The van der Waals surface area contributed by atoms with Crippen LogP contribution >= 0.6 is 35.0 Å². The van der Waals surface area contributed by atoms with E-state index in [9.17, 15) is 4.79 Å². The van der Waals surface area contributed by atoms with Crippen LogP contribution in [0.3, 0.4) is 0 Å². The van der Waals surface area contributed by atoms with Gasteiger partial charge in [0, 0.05) is 38.7 Å². The molecule has 0 fully saturated rings. The summed E-state index contributed by atoms with van der Waals surface area (Å²) in [4.78, 5) is 23.9. The van der Waals surface area contributed by atoms with Gasteiger partial charge in [0.2, 0.25) is 0 Å². The van der Waals surface area contributed by atoms with Crippen molar-refractivity contribution >= 4 is 52.3 Å². The number of rotatable bonds is 4. The van der Waals surface area contributed by atoms with Gasteiger partial charge in [-0.2, -0.15) is 0 Å². The van der Waals surface area contributed by atoms with E-state index in [1.54, 1.807) is 24.0 Å². The summed E-state index contributed by atoms with van der Waals surface area (Å²) in [6, 6.07) is 14.9. The number of hydrogen-bond donors (Lipinski definition) is 1. The highest BCUT2D eigenvalue weighted by Crippen LogP contribution is 2.42. The summed E-state index contributed by atoms with van der Waals surface area (Å²) in [5, 5.41) is 4.17. The van der Waals surface area contributed by atoms with E-state index in [-0.39, 0.29) is 5.91 Å². The second-order valence-electron chi connectivity index (χ2n) is 7.35. The molecule has 0 unspecified atom stereocenters. The van der Waals surface area contributed by atoms with Crippen molar-refractivity contribution in [2.45, 2.75) is 23.6 Å². The van der Waals surface area contributed by atoms with Crippen molar-refractivity contribution in [2.75, 3.05) is 6.54 Å². The Labute approximate surface area is 189 Å². The molecule has 7 heteroatoms. The monoisotopic (exact) mass is 455 g/mol. The SMILES string of the molecule is CC(C)CNC(=O)c1ccc2c(c1)N=C(c1ccc(Cl)cn1)c1ccc(Cl)cc1S2. The van der Waals surface area contributed by atoms with Gasteiger partial charge in [-0.3, -0.25) is 9.78 Å². The number of carbonyl (C=O) groups excluding carboxylic acids is 1. The van der Waals surface area contributed by atoms with Crippen LogP contribution in [0.25, 0.3) is 0 Å². The minimum Gasteiger partial charge on any atom is -0.352 e. The van der Waals surface area contributed by atoms with Gasteiger partial charge in [0.15, 0.2) is 0 Å². The minimum absolute atomic E-state index is 0.109. The van der Waals surface area contributed by atoms with Crippen molar-refractivity contribution < 1.29 is 4.79 Å². The average molecular weight is 456 g/mol. The zero-order chi connectivity index (χ0) is 21.3. The Morgan fingerprint density at radius 3 is 2.57 bits per heavy atom. The first-order chi connectivity index (χ1) is 14.4. The van der Waals surface area contributed by atoms with Crippen molar-refractivity contribution in [3.05, 3.63) is 81.6 Å². The largest absolute Gasteiger partial charge is 0.352 e. The van der Waals surface area contributed by atoms with Crippen molar-refractivity contribution in [3.8, 4) is 0 Å². The predicted molar refractivity (Wildman–Crippen MR) is 124 cm³/mol. The van der Waals surface area contributed by atoms with E-state index < -0.39 is 0 Å². The molecule has 2 aromatic carbocycles. The number of hydrogen-bond acceptors (Lipinski definition) is 4. The first kappa shape index (κ1) is 20.9. The summed E-state index contributed by atoms with van der Waals surface area (Å²) in [5.74, 6) is 0.271. The van der Waals surface area contributed by atoms with E-state index in [1.165, 1.54) is 0 Å². The van der Waals surface area contributed by atoms with Crippen molar-refractivity contribution in [1.82, 2.24) is 10.3 Å². The lowest BCUT2D eigenvalue weighted by molar-refractivity contribution is 0.0949. The smallest absolute Gasteiger partial charge is 0.251 e. The van der Waals surface area contributed by atoms with Gasteiger partial charge < -0.3 is 5.32 Å². The number of benzene rings is 2. The fraction of sp³-hybridized carbons (Fsp3) is 0.174. The number of nitrogens with zero attached hydrogens (tertiary/aromatic N) is 2. The highest BCUT2D eigenvalue weighted by molar-refractivity contribution is 7.99. The Morgan fingerprint density at radius 2 is 1.83 bits per heavy atom. The van der Waals surface area contributed by atoms with Gasteiger partial charge in [-0.05, 0) is 48.4 Å². The van der Waals surface area contributed by atoms with Crippen molar-refractivity contribution in [2.24, 2.45) is 10.9 Å². The van der Waals surface area contributed by atoms with Crippen LogP contribution in [0, 0.1) is 5.92 Å². The third-order valence-corrected chi connectivity index (χ3v) is 6.09. The van der Waals surface area contributed by atoms with Crippen molar-refractivity contribution in [1.29, 1.82) is 0 Å². The summed E-state index contributed by atoms with van der Waals surface area (Å²) < 4.78 is 0. The van der Waals surface area contributed by atoms with Crippen LogP contribution in [0.4, 0.5) is 5.69 Å². The molecule has 0 atom stereocenters. The zero-order valence-electron chi connectivity index (χ0n) is 16.4. The molecule has 1 aromatic heterocycles. The van der Waals surface area contributed by atoms with Crippen molar-refractivity contribution in [3.63, 3.8) is 0 Å². The quantitative estimate of drug-likeness (QED) is 0.386. The van der Waals surface area contributed by atoms with Gasteiger partial charge in [-0.15, -0.1) is 0 Å². The van der Waals surface area contributed by atoms with E-state index >= 15 is 0 Å². The maximum Gasteiger partial charge on any atom is 0.251 e. The molecule has 152 valence electrons. The molecule has 2 heterocycles. The maximum atomic E-state index is 12.6. The number of fused-ring (bicyclic) bond motifs is 2. The number of amides is 1. The van der Waals surface area contributed by atoms with E-state index in [1.807, 2.05) is 42.5 Å². The Bertz CT molecular complexity index is 1140. The summed E-state index contributed by atoms with van der Waals surface area (Å²) in [5.41, 5.74) is 3.64. The van der Waals surface area contributed by atoms with E-state index in [2.05, 4.69) is 24.1 Å². The molecule has 0 spiro atoms. The maximum absolute atomic E-state index is 12.6. The van der Waals surface area contributed by atoms with Gasteiger partial charge in [-0.1, -0.05) is 54.9 Å². The van der Waals surface area contributed by atoms with E-state index in [4.69, 9.17) is 28.2 Å². The first-order valence-electron chi connectivity index (χ1n) is 9.51. The number of nitrogens with one attached hydrogen (secondary N) is 1. The van der Waals surface area contributed by atoms with Gasteiger partial charge >= 0.3 is 0 Å². The highest BCUT2D eigenvalue weighted by atomic mass is 35.5. The Hall–Kier alpha value is -2.34. The molecule has 0 aliphatic carbocycles. The van der Waals surface area contributed by atoms with Crippen LogP contribution in [0.5, 0.6) is 0 Å². The summed E-state index contributed by atoms with van der Waals surface area (Å²) in [6.45, 7) is 4.75. The normalized spacial score (nSPS) is 12.6. The lowest BCUT2D eigenvalue weighted by Crippen LogP contribution is -2.27. The molecular formula is C23H19Cl2N3OS. The molecule has 30 heavy (non-hydrogen) atoms. The molecule has 1 aliphatic heterocycles. The molecule has 4 nitrogen and oxygen atoms in total. The van der Waals surface area contributed by atoms with Gasteiger partial charge in [-0.25, -0.2) is 4.99 Å². The molecule has 0 radical (unpaired) electrons. The van der Waals surface area contributed by atoms with Crippen LogP contribution in [0.1, 0.15) is 35.5 Å². The molecule has 1 N–H and O–H groups in total. The van der Waals surface area contributed by atoms with E-state index in [0.717, 1.165) is 21.0 Å². The summed E-state index contributed by atoms with van der Waals surface area (Å²) in [7, 11) is 0. The number of halogens is 2. The summed E-state index contributed by atoms with van der Waals surface area (Å²) >= 11 is 13.9. The molecule has 1 aliphatic rings. The number of aliphatic imine (C=N–C) groups is 1. The zero-order valence-corrected chi connectivity index (χ0v) is 18.8. The van der Waals surface area contributed by atoms with Crippen LogP contribution in [-0.4, -0.2) is 23.1 Å². The number of aromatic nitrogens is 1. The Kier molecular flexibility index (Phi) is 6.14. The molecular weight excluding hydrogens is 437 g/mol. The molecule has 3 aromatic rings. The fourth-order valence-corrected chi connectivity index (χ4v) is 4.41. The van der Waals surface area contributed by atoms with Crippen LogP contribution in [0.2, 0.25) is 10.0 Å². The van der Waals surface area contributed by atoms with Crippen LogP contribution in [0.15, 0.2) is 69.5 Å². The molecule has 1 amide bonds. The molecule has 4 rings (SSSR count). The molecule has 0 bridgehead atoms. The lowest BCUT2D eigenvalue weighted by Gasteiger charge is -2.09. The van der Waals surface area contributed by atoms with Gasteiger partial charge in [0.25, 0.3) is 5.91 Å². The highest BCUT2D eigenvalue weighted by Gasteiger charge is 2.21. The second-order valence-corrected chi connectivity index (χ2v) is 9.31. The Morgan fingerprint density at radius 1 is 1.03 bits per heavy atom. The van der Waals surface area contributed by atoms with Gasteiger partial charge in [0.1, 0.15) is 0 Å². The topological polar surface area (TPSA) is 54.4 Å². The predicted octanol–water partition coefficient (Wildman–Crippen LogP) is 6.41. The summed E-state index contributed by atoms with van der Waals surface area (Å²) in [6.07, 6.45) is 1.60. The minimum atomic E-state index is -0.109. The number of pyridine rings is 1. The number of carbonyl (C=O) groups is 1. The van der Waals surface area contributed by atoms with Crippen LogP contribution in [-0.2, 0) is 0 Å². The fourth-order valence-electron chi connectivity index (χ4n) is 3.02. The van der Waals surface area contributed by atoms with Crippen LogP contribution < -0.4 is 5.32 Å². The standard InChI is InChI=1S/C23H19Cl2N3OS/c1-13(2)11-27-23(29)14-3-8-20-19(9-14)28-22(18-7-5-16(25)12-26-18)17-6-4-15(24)10-21(17)30-20/h3-10,12-13H,11H2,1-2H3,(H,27,29). The third-order valence-electron chi connectivity index (χ3n) is 4.51. The molecule has 0 saturated heterocycles. The Balaban J connectivity index is 1.82. The van der Waals surface area contributed by atoms with Gasteiger partial charge in [0.05, 0.1) is 22.1 Å². The third kappa shape index (κ3) is 4.53. The lowest BCUT2D eigenvalue weighted by atomic mass is 10.1. The van der Waals surface area contributed by atoms with E-state index in [0.29, 0.717) is 39.5 Å². The second kappa shape index (κ2) is 8.80.